The second-order valence-electron chi connectivity index (χ2n) is 5.43. The minimum Gasteiger partial charge on any atom is -0.480 e. The van der Waals surface area contributed by atoms with Crippen molar-refractivity contribution in [1.29, 1.82) is 0 Å². The van der Waals surface area contributed by atoms with Crippen LogP contribution in [0.3, 0.4) is 0 Å². The summed E-state index contributed by atoms with van der Waals surface area (Å²) in [4.78, 5) is 39.8. The van der Waals surface area contributed by atoms with E-state index in [1.807, 2.05) is 0 Å². The smallest absolute Gasteiger partial charge is 0.342 e. The largest absolute Gasteiger partial charge is 0.480 e. The van der Waals surface area contributed by atoms with Crippen LogP contribution in [0.2, 0.25) is 0 Å². The van der Waals surface area contributed by atoms with Crippen LogP contribution >= 0.6 is 0 Å². The average Bonchev–Trinajstić information content (AvgIpc) is 3.15. The molecule has 3 atom stereocenters. The molecule has 4 N–H and O–H groups in total. The van der Waals surface area contributed by atoms with E-state index in [9.17, 15) is 14.4 Å². The Bertz CT molecular complexity index is 437. The second kappa shape index (κ2) is 7.52. The van der Waals surface area contributed by atoms with Crippen LogP contribution in [0, 0.1) is 0 Å². The monoisotopic (exact) mass is 315 g/mol. The van der Waals surface area contributed by atoms with E-state index in [-0.39, 0.29) is 6.04 Å². The fourth-order valence-electron chi connectivity index (χ4n) is 2.49. The van der Waals surface area contributed by atoms with Crippen LogP contribution < -0.4 is 11.1 Å². The van der Waals surface area contributed by atoms with Crippen LogP contribution in [0.1, 0.15) is 25.7 Å². The number of carbonyl (C=O) groups is 3. The van der Waals surface area contributed by atoms with E-state index in [4.69, 9.17) is 20.4 Å². The Labute approximate surface area is 127 Å². The highest BCUT2D eigenvalue weighted by Gasteiger charge is 2.37. The third kappa shape index (κ3) is 4.15. The molecule has 2 saturated heterocycles. The standard InChI is InChI=1S/C13H21N3O6/c14-8(11(17)18)7-21-13(20)10-4-2-6-16(10)22-12(19)9-3-1-5-15-9/h8-10,15H,1-7,14H2,(H,17,18)/t8-,9-,10-/m0/s1. The minimum atomic E-state index is -1.26. The molecule has 9 heteroatoms. The molecule has 0 aromatic carbocycles. The van der Waals surface area contributed by atoms with E-state index in [1.165, 1.54) is 5.06 Å². The number of ether oxygens (including phenoxy) is 1. The van der Waals surface area contributed by atoms with Gasteiger partial charge in [0.25, 0.3) is 0 Å². The highest BCUT2D eigenvalue weighted by molar-refractivity contribution is 5.79. The lowest BCUT2D eigenvalue weighted by atomic mass is 10.2. The summed E-state index contributed by atoms with van der Waals surface area (Å²) in [6.07, 6.45) is 2.82. The van der Waals surface area contributed by atoms with Crippen LogP contribution in [-0.4, -0.2) is 65.9 Å². The highest BCUT2D eigenvalue weighted by Crippen LogP contribution is 2.20. The number of esters is 1. The molecule has 0 saturated carbocycles. The number of aliphatic carboxylic acids is 1. The van der Waals surface area contributed by atoms with Crippen molar-refractivity contribution in [2.75, 3.05) is 19.7 Å². The number of carbonyl (C=O) groups excluding carboxylic acids is 2. The van der Waals surface area contributed by atoms with Crippen molar-refractivity contribution in [3.8, 4) is 0 Å². The zero-order valence-electron chi connectivity index (χ0n) is 12.2. The summed E-state index contributed by atoms with van der Waals surface area (Å²) in [5.74, 6) is -2.27. The molecule has 9 nitrogen and oxygen atoms in total. The Kier molecular flexibility index (Phi) is 5.69. The molecule has 0 unspecified atom stereocenters. The zero-order chi connectivity index (χ0) is 16.1. The summed E-state index contributed by atoms with van der Waals surface area (Å²) in [5.41, 5.74) is 5.28. The van der Waals surface area contributed by atoms with E-state index in [0.717, 1.165) is 19.4 Å². The summed E-state index contributed by atoms with van der Waals surface area (Å²) in [7, 11) is 0. The van der Waals surface area contributed by atoms with Crippen molar-refractivity contribution in [3.05, 3.63) is 0 Å². The third-order valence-electron chi connectivity index (χ3n) is 3.75. The van der Waals surface area contributed by atoms with Crippen molar-refractivity contribution in [1.82, 2.24) is 10.4 Å². The molecular weight excluding hydrogens is 294 g/mol. The molecule has 0 spiro atoms. The quantitative estimate of drug-likeness (QED) is 0.507. The molecule has 2 heterocycles. The van der Waals surface area contributed by atoms with Crippen LogP contribution in [0.4, 0.5) is 0 Å². The normalized spacial score (nSPS) is 26.6. The van der Waals surface area contributed by atoms with E-state index >= 15 is 0 Å². The zero-order valence-corrected chi connectivity index (χ0v) is 12.2. The third-order valence-corrected chi connectivity index (χ3v) is 3.75. The molecule has 0 aromatic rings. The Morgan fingerprint density at radius 1 is 1.27 bits per heavy atom. The molecule has 0 aromatic heterocycles. The molecule has 2 aliphatic heterocycles. The molecule has 22 heavy (non-hydrogen) atoms. The van der Waals surface area contributed by atoms with Gasteiger partial charge in [0.15, 0.2) is 0 Å². The SMILES string of the molecule is N[C@@H](COC(=O)[C@@H]1CCCN1OC(=O)[C@@H]1CCCN1)C(=O)O. The molecule has 2 aliphatic rings. The molecule has 2 rings (SSSR count). The Morgan fingerprint density at radius 2 is 2.05 bits per heavy atom. The van der Waals surface area contributed by atoms with Gasteiger partial charge in [-0.3, -0.25) is 9.59 Å². The molecule has 0 bridgehead atoms. The molecule has 0 radical (unpaired) electrons. The highest BCUT2D eigenvalue weighted by atomic mass is 16.7. The van der Waals surface area contributed by atoms with Gasteiger partial charge in [-0.1, -0.05) is 0 Å². The molecule has 2 fully saturated rings. The van der Waals surface area contributed by atoms with Gasteiger partial charge in [0, 0.05) is 6.54 Å². The summed E-state index contributed by atoms with van der Waals surface area (Å²) in [6, 6.07) is -2.30. The Balaban J connectivity index is 1.82. The van der Waals surface area contributed by atoms with Crippen molar-refractivity contribution in [2.24, 2.45) is 5.73 Å². The fourth-order valence-corrected chi connectivity index (χ4v) is 2.49. The van der Waals surface area contributed by atoms with Gasteiger partial charge in [0.2, 0.25) is 0 Å². The number of carboxylic acids is 1. The molecule has 124 valence electrons. The topological polar surface area (TPSA) is 131 Å². The maximum Gasteiger partial charge on any atom is 0.342 e. The van der Waals surface area contributed by atoms with Gasteiger partial charge in [0.1, 0.15) is 24.7 Å². The Morgan fingerprint density at radius 3 is 2.68 bits per heavy atom. The number of hydroxylamine groups is 2. The van der Waals surface area contributed by atoms with E-state index in [1.54, 1.807) is 0 Å². The number of nitrogens with zero attached hydrogens (tertiary/aromatic N) is 1. The predicted octanol–water partition coefficient (Wildman–Crippen LogP) is -1.38. The maximum absolute atomic E-state index is 12.0. The van der Waals surface area contributed by atoms with Gasteiger partial charge in [-0.25, -0.2) is 4.79 Å². The van der Waals surface area contributed by atoms with Gasteiger partial charge in [-0.15, -0.1) is 5.06 Å². The van der Waals surface area contributed by atoms with Crippen molar-refractivity contribution in [2.45, 2.75) is 43.8 Å². The second-order valence-corrected chi connectivity index (χ2v) is 5.43. The van der Waals surface area contributed by atoms with Gasteiger partial charge >= 0.3 is 17.9 Å². The number of hydrogen-bond donors (Lipinski definition) is 3. The van der Waals surface area contributed by atoms with Crippen LogP contribution in [0.15, 0.2) is 0 Å². The van der Waals surface area contributed by atoms with Crippen LogP contribution in [0.5, 0.6) is 0 Å². The molecular formula is C13H21N3O6. The summed E-state index contributed by atoms with van der Waals surface area (Å²) >= 11 is 0. The first-order valence-electron chi connectivity index (χ1n) is 7.36. The van der Waals surface area contributed by atoms with Crippen molar-refractivity contribution in [3.63, 3.8) is 0 Å². The lowest BCUT2D eigenvalue weighted by Gasteiger charge is -2.23. The number of rotatable bonds is 6. The van der Waals surface area contributed by atoms with Gasteiger partial charge in [0.05, 0.1) is 0 Å². The summed E-state index contributed by atoms with van der Waals surface area (Å²) in [5, 5.41) is 13.0. The lowest BCUT2D eigenvalue weighted by Crippen LogP contribution is -2.44. The summed E-state index contributed by atoms with van der Waals surface area (Å²) < 4.78 is 4.89. The van der Waals surface area contributed by atoms with E-state index < -0.39 is 36.6 Å². The number of nitrogens with two attached hydrogens (primary N) is 1. The lowest BCUT2D eigenvalue weighted by molar-refractivity contribution is -0.202. The fraction of sp³-hybridized carbons (Fsp3) is 0.769. The van der Waals surface area contributed by atoms with Gasteiger partial charge in [-0.2, -0.15) is 0 Å². The van der Waals surface area contributed by atoms with Crippen molar-refractivity contribution < 1.29 is 29.1 Å². The van der Waals surface area contributed by atoms with Crippen LogP contribution in [-0.2, 0) is 24.0 Å². The average molecular weight is 315 g/mol. The van der Waals surface area contributed by atoms with Crippen molar-refractivity contribution >= 4 is 17.9 Å². The number of nitrogens with one attached hydrogen (secondary N) is 1. The minimum absolute atomic E-state index is 0.335. The Hall–Kier alpha value is -1.71. The molecule has 0 amide bonds. The first-order valence-corrected chi connectivity index (χ1v) is 7.36. The predicted molar refractivity (Wildman–Crippen MR) is 73.4 cm³/mol. The van der Waals surface area contributed by atoms with Gasteiger partial charge in [-0.05, 0) is 32.2 Å². The number of carboxylic acid groups (broad SMARTS) is 1. The maximum atomic E-state index is 12.0. The van der Waals surface area contributed by atoms with Crippen LogP contribution in [0.25, 0.3) is 0 Å². The number of hydrogen-bond acceptors (Lipinski definition) is 8. The first-order chi connectivity index (χ1) is 10.5. The van der Waals surface area contributed by atoms with E-state index in [0.29, 0.717) is 19.4 Å². The van der Waals surface area contributed by atoms with E-state index in [2.05, 4.69) is 5.32 Å². The van der Waals surface area contributed by atoms with Gasteiger partial charge < -0.3 is 25.7 Å². The summed E-state index contributed by atoms with van der Waals surface area (Å²) in [6.45, 7) is 0.818. The molecule has 0 aliphatic carbocycles. The first kappa shape index (κ1) is 16.7.